The molecule has 0 fully saturated rings. The Labute approximate surface area is 273 Å². The maximum Gasteiger partial charge on any atom is 0.408 e. The van der Waals surface area contributed by atoms with Crippen molar-refractivity contribution >= 4 is 67.2 Å². The first-order chi connectivity index (χ1) is 18.8. The van der Waals surface area contributed by atoms with E-state index < -0.39 is 33.4 Å². The lowest BCUT2D eigenvalue weighted by Gasteiger charge is -2.36. The van der Waals surface area contributed by atoms with Gasteiger partial charge in [-0.1, -0.05) is 20.8 Å². The van der Waals surface area contributed by atoms with Crippen LogP contribution in [0.25, 0.3) is 0 Å². The van der Waals surface area contributed by atoms with E-state index in [9.17, 15) is 9.36 Å². The third kappa shape index (κ3) is 11.0. The molecule has 2 aromatic carbocycles. The maximum absolute atomic E-state index is 13.7. The van der Waals surface area contributed by atoms with Crippen molar-refractivity contribution in [3.8, 4) is 17.2 Å². The average molecular weight is 832 g/mol. The minimum absolute atomic E-state index is 0.108. The molecule has 0 bridgehead atoms. The molecule has 8 nitrogen and oxygen atoms in total. The van der Waals surface area contributed by atoms with Gasteiger partial charge in [0.05, 0.1) is 20.4 Å². The Morgan fingerprint density at radius 2 is 1.41 bits per heavy atom. The van der Waals surface area contributed by atoms with Crippen molar-refractivity contribution in [2.75, 3.05) is 13.2 Å². The molecule has 0 spiro atoms. The Kier molecular flexibility index (Phi) is 13.1. The quantitative estimate of drug-likeness (QED) is 0.129. The van der Waals surface area contributed by atoms with E-state index in [0.29, 0.717) is 11.5 Å². The molecule has 230 valence electrons. The summed E-state index contributed by atoms with van der Waals surface area (Å²) in [7, 11) is -5.64. The predicted octanol–water partition coefficient (Wildman–Crippen LogP) is 9.73. The zero-order chi connectivity index (χ0) is 31.2. The minimum atomic E-state index is -3.70. The lowest BCUT2D eigenvalue weighted by molar-refractivity contribution is 0.0509. The zero-order valence-electron chi connectivity index (χ0n) is 25.7. The van der Waals surface area contributed by atoms with Crippen molar-refractivity contribution < 1.29 is 32.3 Å². The van der Waals surface area contributed by atoms with Crippen LogP contribution in [-0.2, 0) is 24.8 Å². The van der Waals surface area contributed by atoms with Gasteiger partial charge in [-0.25, -0.2) is 4.79 Å². The topological polar surface area (TPSA) is 92.3 Å². The smallest absolute Gasteiger partial charge is 0.408 e. The standard InChI is InChI=1S/C29H44I2NO7PSi/c1-11-35-40(34,36-12-2)25(32-27(33)38-28(3,4)5)19-20-17-23(30)26(24(31)18-20)37-21-13-15-22(16-14-21)39-41(9,10)29(6,7)8/h13-18,25H,11-12,19H2,1-10H3,(H,32,33). The van der Waals surface area contributed by atoms with Crippen LogP contribution in [0.15, 0.2) is 36.4 Å². The van der Waals surface area contributed by atoms with Gasteiger partial charge in [-0.2, -0.15) is 0 Å². The average Bonchev–Trinajstić information content (AvgIpc) is 2.80. The van der Waals surface area contributed by atoms with Crippen LogP contribution in [0.3, 0.4) is 0 Å². The van der Waals surface area contributed by atoms with Gasteiger partial charge in [0, 0.05) is 6.42 Å². The number of carbonyl (C=O) groups is 1. The van der Waals surface area contributed by atoms with Gasteiger partial charge < -0.3 is 28.3 Å². The van der Waals surface area contributed by atoms with Crippen molar-refractivity contribution in [2.24, 2.45) is 0 Å². The number of hydrogen-bond acceptors (Lipinski definition) is 7. The van der Waals surface area contributed by atoms with Gasteiger partial charge in [-0.15, -0.1) is 0 Å². The molecule has 0 aromatic heterocycles. The number of nitrogens with one attached hydrogen (secondary N) is 1. The van der Waals surface area contributed by atoms with Gasteiger partial charge in [0.15, 0.2) is 5.75 Å². The van der Waals surface area contributed by atoms with E-state index in [2.05, 4.69) is 84.4 Å². The Morgan fingerprint density at radius 3 is 1.85 bits per heavy atom. The van der Waals surface area contributed by atoms with Gasteiger partial charge in [0.2, 0.25) is 8.32 Å². The highest BCUT2D eigenvalue weighted by Gasteiger charge is 2.39. The second-order valence-electron chi connectivity index (χ2n) is 12.1. The molecule has 0 radical (unpaired) electrons. The fraction of sp³-hybridized carbons (Fsp3) is 0.552. The summed E-state index contributed by atoms with van der Waals surface area (Å²) in [6, 6.07) is 11.6. The largest absolute Gasteiger partial charge is 0.543 e. The second-order valence-corrected chi connectivity index (χ2v) is 21.3. The molecule has 1 N–H and O–H groups in total. The van der Waals surface area contributed by atoms with E-state index in [0.717, 1.165) is 18.5 Å². The SMILES string of the molecule is CCOP(=O)(OCC)C(Cc1cc(I)c(Oc2ccc(O[Si](C)(C)C(C)(C)C)cc2)c(I)c1)NC(=O)OC(C)(C)C. The third-order valence-corrected chi connectivity index (χ3v) is 14.7. The lowest BCUT2D eigenvalue weighted by Crippen LogP contribution is -2.43. The number of halogens is 2. The number of ether oxygens (including phenoxy) is 2. The third-order valence-electron chi connectivity index (χ3n) is 6.39. The van der Waals surface area contributed by atoms with Crippen molar-refractivity contribution in [1.82, 2.24) is 5.32 Å². The van der Waals surface area contributed by atoms with Crippen molar-refractivity contribution in [3.05, 3.63) is 49.1 Å². The molecule has 0 heterocycles. The van der Waals surface area contributed by atoms with Gasteiger partial charge in [-0.3, -0.25) is 4.57 Å². The fourth-order valence-electron chi connectivity index (χ4n) is 3.45. The van der Waals surface area contributed by atoms with Crippen LogP contribution in [0.2, 0.25) is 18.1 Å². The molecule has 0 aliphatic heterocycles. The summed E-state index contributed by atoms with van der Waals surface area (Å²) in [5.41, 5.74) is 0.124. The minimum Gasteiger partial charge on any atom is -0.543 e. The Hall–Kier alpha value is -0.863. The number of rotatable bonds is 12. The predicted molar refractivity (Wildman–Crippen MR) is 184 cm³/mol. The van der Waals surface area contributed by atoms with E-state index in [1.165, 1.54) is 0 Å². The molecule has 12 heteroatoms. The summed E-state index contributed by atoms with van der Waals surface area (Å²) >= 11 is 4.45. The molecule has 41 heavy (non-hydrogen) atoms. The van der Waals surface area contributed by atoms with Crippen LogP contribution in [0.1, 0.15) is 61.0 Å². The molecule has 0 aliphatic rings. The lowest BCUT2D eigenvalue weighted by atomic mass is 10.1. The van der Waals surface area contributed by atoms with Gasteiger partial charge in [0.25, 0.3) is 0 Å². The summed E-state index contributed by atoms with van der Waals surface area (Å²) in [5.74, 6) is 1.30. The number of benzene rings is 2. The van der Waals surface area contributed by atoms with Crippen molar-refractivity contribution in [1.29, 1.82) is 0 Å². The first-order valence-corrected chi connectivity index (χ1v) is 20.3. The Bertz CT molecular complexity index is 1190. The highest BCUT2D eigenvalue weighted by Crippen LogP contribution is 2.53. The molecule has 2 aromatic rings. The second kappa shape index (κ2) is 14.7. The number of hydrogen-bond donors (Lipinski definition) is 1. The molecule has 0 saturated heterocycles. The maximum atomic E-state index is 13.7. The molecule has 0 aliphatic carbocycles. The van der Waals surface area contributed by atoms with Crippen LogP contribution in [0.5, 0.6) is 17.2 Å². The first-order valence-electron chi connectivity index (χ1n) is 13.6. The number of amides is 1. The molecular weight excluding hydrogens is 787 g/mol. The Balaban J connectivity index is 2.29. The van der Waals surface area contributed by atoms with Crippen LogP contribution in [0, 0.1) is 7.14 Å². The molecular formula is C29H44I2NO7PSi. The van der Waals surface area contributed by atoms with E-state index in [1.807, 2.05) is 36.4 Å². The summed E-state index contributed by atoms with van der Waals surface area (Å²) in [5, 5.41) is 2.84. The highest BCUT2D eigenvalue weighted by molar-refractivity contribution is 14.1. The van der Waals surface area contributed by atoms with Crippen LogP contribution in [0.4, 0.5) is 4.79 Å². The van der Waals surface area contributed by atoms with Gasteiger partial charge >= 0.3 is 13.7 Å². The van der Waals surface area contributed by atoms with Crippen molar-refractivity contribution in [3.63, 3.8) is 0 Å². The van der Waals surface area contributed by atoms with Crippen LogP contribution < -0.4 is 14.5 Å². The summed E-state index contributed by atoms with van der Waals surface area (Å²) in [6.45, 7) is 20.2. The summed E-state index contributed by atoms with van der Waals surface area (Å²) in [6.07, 6.45) is -0.477. The normalized spacial score (nSPS) is 13.5. The first kappa shape index (κ1) is 36.3. The van der Waals surface area contributed by atoms with E-state index >= 15 is 0 Å². The molecule has 1 unspecified atom stereocenters. The van der Waals surface area contributed by atoms with E-state index in [-0.39, 0.29) is 24.7 Å². The molecule has 2 rings (SSSR count). The molecule has 1 amide bonds. The Morgan fingerprint density at radius 1 is 0.927 bits per heavy atom. The van der Waals surface area contributed by atoms with E-state index in [1.54, 1.807) is 34.6 Å². The van der Waals surface area contributed by atoms with Crippen LogP contribution >= 0.6 is 52.8 Å². The molecule has 0 saturated carbocycles. The van der Waals surface area contributed by atoms with E-state index in [4.69, 9.17) is 22.9 Å². The summed E-state index contributed by atoms with van der Waals surface area (Å²) in [4.78, 5) is 12.7. The van der Waals surface area contributed by atoms with Gasteiger partial charge in [0.1, 0.15) is 22.9 Å². The summed E-state index contributed by atoms with van der Waals surface area (Å²) < 4.78 is 44.7. The van der Waals surface area contributed by atoms with Crippen molar-refractivity contribution in [2.45, 2.75) is 91.3 Å². The fourth-order valence-corrected chi connectivity index (χ4v) is 8.46. The number of carbonyl (C=O) groups excluding carboxylic acids is 1. The highest BCUT2D eigenvalue weighted by atomic mass is 127. The van der Waals surface area contributed by atoms with Gasteiger partial charge in [-0.05, 0) is 140 Å². The molecule has 1 atom stereocenters. The van der Waals surface area contributed by atoms with Crippen LogP contribution in [-0.4, -0.2) is 39.0 Å². The number of alkyl carbamates (subject to hydrolysis) is 1. The zero-order valence-corrected chi connectivity index (χ0v) is 31.9. The monoisotopic (exact) mass is 831 g/mol.